The van der Waals surface area contributed by atoms with Gasteiger partial charge < -0.3 is 9.15 Å². The summed E-state index contributed by atoms with van der Waals surface area (Å²) in [6.45, 7) is 6.38. The number of hydrogen-bond donors (Lipinski definition) is 0. The molecule has 9 nitrogen and oxygen atoms in total. The molecule has 0 amide bonds. The first kappa shape index (κ1) is 17.3. The fourth-order valence-corrected chi connectivity index (χ4v) is 3.60. The molecule has 0 atom stereocenters. The van der Waals surface area contributed by atoms with Crippen LogP contribution in [0.1, 0.15) is 17.5 Å². The van der Waals surface area contributed by atoms with E-state index in [0.29, 0.717) is 52.3 Å². The number of rotatable bonds is 3. The number of hydrogen-bond acceptors (Lipinski definition) is 10. The van der Waals surface area contributed by atoms with Gasteiger partial charge in [-0.1, -0.05) is 6.58 Å². The monoisotopic (exact) mass is 403 g/mol. The average Bonchev–Trinajstić information content (AvgIpc) is 3.24. The Bertz CT molecular complexity index is 1360. The van der Waals surface area contributed by atoms with Crippen molar-refractivity contribution in [1.82, 2.24) is 24.9 Å². The maximum absolute atomic E-state index is 5.90. The van der Waals surface area contributed by atoms with Crippen LogP contribution in [0.5, 0.6) is 0 Å². The summed E-state index contributed by atoms with van der Waals surface area (Å²) in [6, 6.07) is 3.76. The summed E-state index contributed by atoms with van der Waals surface area (Å²) >= 11 is 1.41. The molecule has 0 radical (unpaired) electrons. The van der Waals surface area contributed by atoms with Crippen molar-refractivity contribution in [2.24, 2.45) is 9.98 Å². The Balaban J connectivity index is 1.59. The summed E-state index contributed by atoms with van der Waals surface area (Å²) in [6.07, 6.45) is 6.33. The van der Waals surface area contributed by atoms with E-state index in [0.717, 1.165) is 9.75 Å². The molecule has 10 heteroatoms. The van der Waals surface area contributed by atoms with E-state index in [2.05, 4.69) is 41.5 Å². The van der Waals surface area contributed by atoms with Crippen LogP contribution in [0, 0.1) is 0 Å². The highest BCUT2D eigenvalue weighted by atomic mass is 32.1. The van der Waals surface area contributed by atoms with Gasteiger partial charge in [-0.15, -0.1) is 11.3 Å². The van der Waals surface area contributed by atoms with Crippen LogP contribution in [0.2, 0.25) is 0 Å². The van der Waals surface area contributed by atoms with Gasteiger partial charge in [-0.2, -0.15) is 9.98 Å². The molecule has 0 unspecified atom stereocenters. The molecule has 0 saturated heterocycles. The maximum Gasteiger partial charge on any atom is 0.246 e. The van der Waals surface area contributed by atoms with Gasteiger partial charge in [-0.3, -0.25) is 0 Å². The SMILES string of the molecule is C=C1OC(c2ccc(-c3nc4nccnc4/c(=N/CC)o3)s2)=Nc2nccnc21. The van der Waals surface area contributed by atoms with E-state index in [9.17, 15) is 0 Å². The Hall–Kier alpha value is -3.79. The van der Waals surface area contributed by atoms with Crippen LogP contribution in [0.4, 0.5) is 5.82 Å². The minimum Gasteiger partial charge on any atom is -0.436 e. The Morgan fingerprint density at radius 1 is 1.03 bits per heavy atom. The molecule has 5 heterocycles. The number of fused-ring (bicyclic) bond motifs is 2. The third-order valence-electron chi connectivity index (χ3n) is 3.98. The molecule has 4 aromatic rings. The van der Waals surface area contributed by atoms with Gasteiger partial charge >= 0.3 is 0 Å². The number of thiophene rings is 1. The van der Waals surface area contributed by atoms with Crippen molar-refractivity contribution in [3.63, 3.8) is 0 Å². The second-order valence-electron chi connectivity index (χ2n) is 5.86. The molecule has 1 aliphatic rings. The van der Waals surface area contributed by atoms with Crippen LogP contribution in [0.3, 0.4) is 0 Å². The van der Waals surface area contributed by atoms with E-state index in [-0.39, 0.29) is 0 Å². The Labute approximate surface area is 168 Å². The van der Waals surface area contributed by atoms with Crippen molar-refractivity contribution in [1.29, 1.82) is 0 Å². The summed E-state index contributed by atoms with van der Waals surface area (Å²) in [5.74, 6) is 1.68. The van der Waals surface area contributed by atoms with Gasteiger partial charge in [0.2, 0.25) is 17.3 Å². The third-order valence-corrected chi connectivity index (χ3v) is 5.04. The fraction of sp³-hybridized carbons (Fsp3) is 0.105. The van der Waals surface area contributed by atoms with Crippen molar-refractivity contribution in [3.05, 3.63) is 59.6 Å². The van der Waals surface area contributed by atoms with Crippen molar-refractivity contribution < 1.29 is 9.15 Å². The highest BCUT2D eigenvalue weighted by Gasteiger charge is 2.22. The molecule has 4 aromatic heterocycles. The first-order valence-corrected chi connectivity index (χ1v) is 9.54. The third kappa shape index (κ3) is 3.09. The lowest BCUT2D eigenvalue weighted by atomic mass is 10.3. The smallest absolute Gasteiger partial charge is 0.246 e. The quantitative estimate of drug-likeness (QED) is 0.516. The minimum atomic E-state index is 0.400. The molecule has 0 saturated carbocycles. The van der Waals surface area contributed by atoms with Crippen molar-refractivity contribution in [3.8, 4) is 10.8 Å². The van der Waals surface area contributed by atoms with E-state index in [1.54, 1.807) is 24.8 Å². The average molecular weight is 403 g/mol. The lowest BCUT2D eigenvalue weighted by Crippen LogP contribution is -2.10. The molecule has 5 rings (SSSR count). The number of ether oxygens (including phenoxy) is 1. The molecule has 0 spiro atoms. The molecule has 0 aromatic carbocycles. The molecule has 142 valence electrons. The van der Waals surface area contributed by atoms with Crippen molar-refractivity contribution >= 4 is 40.0 Å². The van der Waals surface area contributed by atoms with Gasteiger partial charge in [0.25, 0.3) is 0 Å². The zero-order chi connectivity index (χ0) is 19.8. The van der Waals surface area contributed by atoms with Gasteiger partial charge in [0.15, 0.2) is 22.7 Å². The first-order valence-electron chi connectivity index (χ1n) is 8.72. The van der Waals surface area contributed by atoms with E-state index in [1.165, 1.54) is 11.3 Å². The molecular weight excluding hydrogens is 390 g/mol. The van der Waals surface area contributed by atoms with Gasteiger partial charge in [0, 0.05) is 31.3 Å². The molecular formula is C19H13N7O2S. The predicted molar refractivity (Wildman–Crippen MR) is 107 cm³/mol. The van der Waals surface area contributed by atoms with Crippen LogP contribution < -0.4 is 5.55 Å². The van der Waals surface area contributed by atoms with E-state index < -0.39 is 0 Å². The molecule has 29 heavy (non-hydrogen) atoms. The zero-order valence-electron chi connectivity index (χ0n) is 15.2. The predicted octanol–water partition coefficient (Wildman–Crippen LogP) is 3.14. The van der Waals surface area contributed by atoms with Crippen molar-refractivity contribution in [2.75, 3.05) is 6.54 Å². The number of aromatic nitrogens is 5. The Morgan fingerprint density at radius 3 is 2.72 bits per heavy atom. The van der Waals surface area contributed by atoms with Crippen LogP contribution in [0.25, 0.3) is 27.7 Å². The van der Waals surface area contributed by atoms with E-state index in [4.69, 9.17) is 9.15 Å². The Morgan fingerprint density at radius 2 is 1.83 bits per heavy atom. The van der Waals surface area contributed by atoms with E-state index >= 15 is 0 Å². The van der Waals surface area contributed by atoms with Gasteiger partial charge in [0.05, 0.1) is 9.75 Å². The molecule has 1 aliphatic heterocycles. The highest BCUT2D eigenvalue weighted by Crippen LogP contribution is 2.33. The normalized spacial score (nSPS) is 13.9. The summed E-state index contributed by atoms with van der Waals surface area (Å²) in [4.78, 5) is 31.8. The maximum atomic E-state index is 5.90. The summed E-state index contributed by atoms with van der Waals surface area (Å²) in [7, 11) is 0. The first-order chi connectivity index (χ1) is 14.2. The summed E-state index contributed by atoms with van der Waals surface area (Å²) in [5.41, 5.74) is 1.93. The van der Waals surface area contributed by atoms with E-state index in [1.807, 2.05) is 19.1 Å². The highest BCUT2D eigenvalue weighted by molar-refractivity contribution is 7.17. The van der Waals surface area contributed by atoms with Crippen LogP contribution in [-0.4, -0.2) is 37.4 Å². The molecule has 0 bridgehead atoms. The van der Waals surface area contributed by atoms with Gasteiger partial charge in [-0.05, 0) is 19.1 Å². The molecule has 0 N–H and O–H groups in total. The minimum absolute atomic E-state index is 0.400. The Kier molecular flexibility index (Phi) is 4.17. The molecule has 0 aliphatic carbocycles. The number of nitrogens with zero attached hydrogens (tertiary/aromatic N) is 7. The van der Waals surface area contributed by atoms with Crippen LogP contribution in [0.15, 0.2) is 57.9 Å². The standard InChI is InChI=1S/C19H13N7O2S/c1-3-20-19-14-16(24-9-7-22-14)26-18(28-19)12-5-4-11(29-12)17-25-15-13(10(2)27-17)21-6-8-23-15/h4-9H,2-3H2,1H3/b20-19-. The van der Waals surface area contributed by atoms with Gasteiger partial charge in [0.1, 0.15) is 5.69 Å². The second kappa shape index (κ2) is 6.99. The lowest BCUT2D eigenvalue weighted by molar-refractivity contribution is 0.497. The topological polar surface area (TPSA) is 112 Å². The summed E-state index contributed by atoms with van der Waals surface area (Å²) in [5, 5.41) is 0. The van der Waals surface area contributed by atoms with Crippen LogP contribution in [-0.2, 0) is 4.74 Å². The lowest BCUT2D eigenvalue weighted by Gasteiger charge is -2.15. The second-order valence-corrected chi connectivity index (χ2v) is 6.95. The fourth-order valence-electron chi connectivity index (χ4n) is 2.74. The molecule has 0 fully saturated rings. The number of aliphatic imine (C=N–C) groups is 1. The van der Waals surface area contributed by atoms with Crippen LogP contribution >= 0.6 is 11.3 Å². The largest absolute Gasteiger partial charge is 0.436 e. The summed E-state index contributed by atoms with van der Waals surface area (Å²) < 4.78 is 11.7. The van der Waals surface area contributed by atoms with Crippen molar-refractivity contribution in [2.45, 2.75) is 6.92 Å². The zero-order valence-corrected chi connectivity index (χ0v) is 16.1. The van der Waals surface area contributed by atoms with Gasteiger partial charge in [-0.25, -0.2) is 24.9 Å².